The molecule has 0 bridgehead atoms. The molecule has 82 valence electrons. The molecule has 0 atom stereocenters. The maximum atomic E-state index is 11.3. The Balaban J connectivity index is 2.27. The third-order valence-electron chi connectivity index (χ3n) is 2.87. The number of benzene rings is 1. The van der Waals surface area contributed by atoms with Crippen LogP contribution in [0.15, 0.2) is 24.3 Å². The van der Waals surface area contributed by atoms with Crippen molar-refractivity contribution in [3.63, 3.8) is 0 Å². The van der Waals surface area contributed by atoms with Gasteiger partial charge in [-0.3, -0.25) is 0 Å². The van der Waals surface area contributed by atoms with Gasteiger partial charge in [0.15, 0.2) is 0 Å². The van der Waals surface area contributed by atoms with E-state index < -0.39 is 9.84 Å². The first-order valence-electron chi connectivity index (χ1n) is 4.89. The van der Waals surface area contributed by atoms with Gasteiger partial charge in [0, 0.05) is 11.7 Å². The van der Waals surface area contributed by atoms with E-state index in [0.717, 1.165) is 18.4 Å². The monoisotopic (exact) mass is 226 g/mol. The van der Waals surface area contributed by atoms with Gasteiger partial charge in [0.1, 0.15) is 15.6 Å². The predicted molar refractivity (Wildman–Crippen MR) is 58.7 cm³/mol. The maximum absolute atomic E-state index is 11.3. The molecule has 0 saturated heterocycles. The summed E-state index contributed by atoms with van der Waals surface area (Å²) in [5.41, 5.74) is 0.840. The minimum atomic E-state index is -2.94. The van der Waals surface area contributed by atoms with E-state index in [1.54, 1.807) is 12.1 Å². The molecule has 0 heterocycles. The lowest BCUT2D eigenvalue weighted by atomic mass is 9.98. The molecule has 1 aliphatic rings. The summed E-state index contributed by atoms with van der Waals surface area (Å²) in [4.78, 5) is 0. The highest BCUT2D eigenvalue weighted by Gasteiger charge is 2.46. The number of hydrogen-bond acceptors (Lipinski definition) is 3. The highest BCUT2D eigenvalue weighted by atomic mass is 32.2. The molecule has 1 N–H and O–H groups in total. The summed E-state index contributed by atoms with van der Waals surface area (Å²) in [6.45, 7) is 0. The normalized spacial score (nSPS) is 18.7. The third kappa shape index (κ3) is 2.31. The van der Waals surface area contributed by atoms with Crippen LogP contribution in [0.5, 0.6) is 5.75 Å². The molecule has 15 heavy (non-hydrogen) atoms. The minimum Gasteiger partial charge on any atom is -0.508 e. The number of sulfone groups is 1. The van der Waals surface area contributed by atoms with Crippen LogP contribution >= 0.6 is 0 Å². The van der Waals surface area contributed by atoms with Gasteiger partial charge >= 0.3 is 0 Å². The van der Waals surface area contributed by atoms with Gasteiger partial charge in [0.05, 0.1) is 5.75 Å². The summed E-state index contributed by atoms with van der Waals surface area (Å²) in [7, 11) is -2.94. The van der Waals surface area contributed by atoms with Gasteiger partial charge < -0.3 is 5.11 Å². The first-order chi connectivity index (χ1) is 6.91. The van der Waals surface area contributed by atoms with Crippen LogP contribution in [-0.4, -0.2) is 25.5 Å². The van der Waals surface area contributed by atoms with Crippen LogP contribution in [0.3, 0.4) is 0 Å². The van der Waals surface area contributed by atoms with E-state index in [1.165, 1.54) is 6.26 Å². The molecule has 1 fully saturated rings. The summed E-state index contributed by atoms with van der Waals surface area (Å²) >= 11 is 0. The molecule has 0 spiro atoms. The highest BCUT2D eigenvalue weighted by Crippen LogP contribution is 2.49. The Kier molecular flexibility index (Phi) is 2.26. The molecule has 0 amide bonds. The van der Waals surface area contributed by atoms with Crippen LogP contribution in [0, 0.1) is 0 Å². The number of aromatic hydroxyl groups is 1. The fourth-order valence-corrected chi connectivity index (χ4v) is 3.44. The van der Waals surface area contributed by atoms with E-state index in [0.29, 0.717) is 0 Å². The lowest BCUT2D eigenvalue weighted by Crippen LogP contribution is -2.19. The van der Waals surface area contributed by atoms with Crippen LogP contribution < -0.4 is 0 Å². The Hall–Kier alpha value is -1.03. The lowest BCUT2D eigenvalue weighted by molar-refractivity contribution is 0.475. The van der Waals surface area contributed by atoms with Gasteiger partial charge in [-0.2, -0.15) is 0 Å². The van der Waals surface area contributed by atoms with Crippen molar-refractivity contribution in [3.05, 3.63) is 29.8 Å². The second-order valence-electron chi connectivity index (χ2n) is 4.40. The van der Waals surface area contributed by atoms with Crippen molar-refractivity contribution in [2.75, 3.05) is 12.0 Å². The Labute approximate surface area is 89.7 Å². The van der Waals surface area contributed by atoms with Gasteiger partial charge in [-0.05, 0) is 30.5 Å². The smallest absolute Gasteiger partial charge is 0.148 e. The molecule has 0 unspecified atom stereocenters. The van der Waals surface area contributed by atoms with Crippen LogP contribution in [0.4, 0.5) is 0 Å². The van der Waals surface area contributed by atoms with Crippen LogP contribution in [-0.2, 0) is 15.3 Å². The molecule has 3 nitrogen and oxygen atoms in total. The predicted octanol–water partition coefficient (Wildman–Crippen LogP) is 1.47. The molecular weight excluding hydrogens is 212 g/mol. The number of phenols is 1. The molecule has 2 rings (SSSR count). The zero-order chi connectivity index (χ0) is 11.1. The van der Waals surface area contributed by atoms with E-state index in [-0.39, 0.29) is 16.9 Å². The van der Waals surface area contributed by atoms with Crippen molar-refractivity contribution in [2.24, 2.45) is 0 Å². The van der Waals surface area contributed by atoms with Crippen molar-refractivity contribution >= 4 is 9.84 Å². The lowest BCUT2D eigenvalue weighted by Gasteiger charge is -2.14. The van der Waals surface area contributed by atoms with Crippen molar-refractivity contribution in [3.8, 4) is 5.75 Å². The zero-order valence-corrected chi connectivity index (χ0v) is 9.42. The summed E-state index contributed by atoms with van der Waals surface area (Å²) in [6, 6.07) is 6.84. The minimum absolute atomic E-state index is 0.179. The second-order valence-corrected chi connectivity index (χ2v) is 6.54. The zero-order valence-electron chi connectivity index (χ0n) is 8.60. The molecular formula is C11H14O3S. The summed E-state index contributed by atoms with van der Waals surface area (Å²) in [6.07, 6.45) is 3.11. The van der Waals surface area contributed by atoms with Crippen LogP contribution in [0.2, 0.25) is 0 Å². The quantitative estimate of drug-likeness (QED) is 0.849. The van der Waals surface area contributed by atoms with E-state index in [4.69, 9.17) is 5.11 Å². The molecule has 1 saturated carbocycles. The van der Waals surface area contributed by atoms with Gasteiger partial charge in [-0.1, -0.05) is 12.1 Å². The Morgan fingerprint density at radius 3 is 2.20 bits per heavy atom. The van der Waals surface area contributed by atoms with Crippen LogP contribution in [0.1, 0.15) is 18.4 Å². The molecule has 0 aliphatic heterocycles. The highest BCUT2D eigenvalue weighted by molar-refractivity contribution is 7.90. The van der Waals surface area contributed by atoms with Crippen molar-refractivity contribution in [1.29, 1.82) is 0 Å². The fourth-order valence-electron chi connectivity index (χ4n) is 1.98. The molecule has 1 aromatic rings. The summed E-state index contributed by atoms with van der Waals surface area (Å²) in [5.74, 6) is 0.430. The van der Waals surface area contributed by atoms with E-state index in [9.17, 15) is 8.42 Å². The van der Waals surface area contributed by atoms with E-state index in [1.807, 2.05) is 12.1 Å². The third-order valence-corrected chi connectivity index (χ3v) is 3.95. The van der Waals surface area contributed by atoms with Crippen LogP contribution in [0.25, 0.3) is 0 Å². The number of phenolic OH excluding ortho intramolecular Hbond substituents is 1. The van der Waals surface area contributed by atoms with Gasteiger partial charge in [0.25, 0.3) is 0 Å². The maximum Gasteiger partial charge on any atom is 0.148 e. The number of hydrogen-bond donors (Lipinski definition) is 1. The summed E-state index contributed by atoms with van der Waals surface area (Å²) < 4.78 is 22.6. The van der Waals surface area contributed by atoms with Gasteiger partial charge in [0.2, 0.25) is 0 Å². The SMILES string of the molecule is CS(=O)(=O)CC1(c2ccc(O)cc2)CC1. The Morgan fingerprint density at radius 1 is 1.27 bits per heavy atom. The van der Waals surface area contributed by atoms with Crippen molar-refractivity contribution < 1.29 is 13.5 Å². The topological polar surface area (TPSA) is 54.4 Å². The summed E-state index contributed by atoms with van der Waals surface area (Å²) in [5, 5.41) is 9.16. The second kappa shape index (κ2) is 3.23. The first-order valence-corrected chi connectivity index (χ1v) is 6.95. The van der Waals surface area contributed by atoms with E-state index in [2.05, 4.69) is 0 Å². The largest absolute Gasteiger partial charge is 0.508 e. The van der Waals surface area contributed by atoms with Crippen molar-refractivity contribution in [1.82, 2.24) is 0 Å². The fraction of sp³-hybridized carbons (Fsp3) is 0.455. The van der Waals surface area contributed by atoms with Gasteiger partial charge in [-0.15, -0.1) is 0 Å². The Morgan fingerprint density at radius 2 is 1.80 bits per heavy atom. The van der Waals surface area contributed by atoms with E-state index >= 15 is 0 Å². The number of rotatable bonds is 3. The standard InChI is InChI=1S/C11H14O3S/c1-15(13,14)8-11(6-7-11)9-2-4-10(12)5-3-9/h2-5,12H,6-8H2,1H3. The average Bonchev–Trinajstić information content (AvgIpc) is 2.83. The molecule has 1 aliphatic carbocycles. The van der Waals surface area contributed by atoms with Crippen molar-refractivity contribution in [2.45, 2.75) is 18.3 Å². The molecule has 4 heteroatoms. The average molecular weight is 226 g/mol. The first kappa shape index (κ1) is 10.5. The molecule has 0 radical (unpaired) electrons. The Bertz CT molecular complexity index is 455. The van der Waals surface area contributed by atoms with Gasteiger partial charge in [-0.25, -0.2) is 8.42 Å². The molecule has 1 aromatic carbocycles. The molecule has 0 aromatic heterocycles.